The minimum Gasteiger partial charge on any atom is -0.391 e. The molecule has 0 aromatic carbocycles. The summed E-state index contributed by atoms with van der Waals surface area (Å²) in [6.07, 6.45) is 5.01. The molecule has 1 unspecified atom stereocenters. The van der Waals surface area contributed by atoms with Gasteiger partial charge in [0.1, 0.15) is 0 Å². The van der Waals surface area contributed by atoms with Gasteiger partial charge in [-0.05, 0) is 24.5 Å². The van der Waals surface area contributed by atoms with Crippen LogP contribution in [0.1, 0.15) is 26.0 Å². The van der Waals surface area contributed by atoms with Crippen LogP contribution in [-0.4, -0.2) is 33.4 Å². The van der Waals surface area contributed by atoms with Gasteiger partial charge in [0, 0.05) is 25.9 Å². The van der Waals surface area contributed by atoms with Crippen LogP contribution in [-0.2, 0) is 11.8 Å². The smallest absolute Gasteiger partial charge is 0.244 e. The van der Waals surface area contributed by atoms with Crippen LogP contribution in [0.4, 0.5) is 0 Å². The fraction of sp³-hybridized carbons (Fsp3) is 0.538. The van der Waals surface area contributed by atoms with Gasteiger partial charge in [0.25, 0.3) is 0 Å². The first-order valence-electron chi connectivity index (χ1n) is 6.11. The molecule has 0 aliphatic heterocycles. The molecular formula is C13H21N3O2. The van der Waals surface area contributed by atoms with Crippen molar-refractivity contribution in [3.8, 4) is 0 Å². The highest BCUT2D eigenvalue weighted by molar-refractivity contribution is 5.91. The minimum absolute atomic E-state index is 0.209. The number of amides is 1. The van der Waals surface area contributed by atoms with Gasteiger partial charge >= 0.3 is 0 Å². The van der Waals surface area contributed by atoms with Crippen LogP contribution in [0, 0.1) is 5.92 Å². The SMILES string of the molecule is CC(C)CC(O)CNC(=O)/C=C/c1ccnn1C. The fourth-order valence-corrected chi connectivity index (χ4v) is 1.61. The molecule has 1 amide bonds. The molecule has 5 heteroatoms. The summed E-state index contributed by atoms with van der Waals surface area (Å²) < 4.78 is 1.68. The van der Waals surface area contributed by atoms with Crippen LogP contribution in [0.25, 0.3) is 6.08 Å². The average molecular weight is 251 g/mol. The van der Waals surface area contributed by atoms with E-state index in [1.165, 1.54) is 6.08 Å². The average Bonchev–Trinajstić information content (AvgIpc) is 2.68. The molecule has 0 radical (unpaired) electrons. The number of nitrogens with one attached hydrogen (secondary N) is 1. The molecule has 1 rings (SSSR count). The number of aromatic nitrogens is 2. The van der Waals surface area contributed by atoms with E-state index in [0.29, 0.717) is 12.3 Å². The lowest BCUT2D eigenvalue weighted by Crippen LogP contribution is -2.31. The number of rotatable bonds is 6. The van der Waals surface area contributed by atoms with E-state index in [1.807, 2.05) is 27.0 Å². The highest BCUT2D eigenvalue weighted by atomic mass is 16.3. The van der Waals surface area contributed by atoms with Crippen molar-refractivity contribution in [2.45, 2.75) is 26.4 Å². The van der Waals surface area contributed by atoms with E-state index < -0.39 is 6.10 Å². The molecule has 0 saturated carbocycles. The van der Waals surface area contributed by atoms with E-state index >= 15 is 0 Å². The maximum Gasteiger partial charge on any atom is 0.244 e. The van der Waals surface area contributed by atoms with Crippen molar-refractivity contribution in [2.24, 2.45) is 13.0 Å². The summed E-state index contributed by atoms with van der Waals surface area (Å²) in [5.41, 5.74) is 0.855. The summed E-state index contributed by atoms with van der Waals surface area (Å²) in [5.74, 6) is 0.209. The summed E-state index contributed by atoms with van der Waals surface area (Å²) in [6, 6.07) is 1.82. The van der Waals surface area contributed by atoms with Gasteiger partial charge in [-0.25, -0.2) is 0 Å². The lowest BCUT2D eigenvalue weighted by Gasteiger charge is -2.12. The van der Waals surface area contributed by atoms with Gasteiger partial charge in [-0.15, -0.1) is 0 Å². The summed E-state index contributed by atoms with van der Waals surface area (Å²) in [5, 5.41) is 16.3. The zero-order chi connectivity index (χ0) is 13.5. The van der Waals surface area contributed by atoms with Crippen molar-refractivity contribution in [1.29, 1.82) is 0 Å². The molecule has 0 saturated heterocycles. The van der Waals surface area contributed by atoms with Crippen molar-refractivity contribution in [2.75, 3.05) is 6.54 Å². The lowest BCUT2D eigenvalue weighted by molar-refractivity contribution is -0.116. The summed E-state index contributed by atoms with van der Waals surface area (Å²) in [4.78, 5) is 11.5. The second-order valence-electron chi connectivity index (χ2n) is 4.74. The fourth-order valence-electron chi connectivity index (χ4n) is 1.61. The second kappa shape index (κ2) is 6.96. The van der Waals surface area contributed by atoms with Crippen molar-refractivity contribution >= 4 is 12.0 Å². The molecule has 100 valence electrons. The highest BCUT2D eigenvalue weighted by Gasteiger charge is 2.07. The van der Waals surface area contributed by atoms with E-state index in [2.05, 4.69) is 10.4 Å². The van der Waals surface area contributed by atoms with Gasteiger partial charge in [-0.3, -0.25) is 9.48 Å². The Morgan fingerprint density at radius 3 is 2.89 bits per heavy atom. The van der Waals surface area contributed by atoms with Crippen molar-refractivity contribution in [3.63, 3.8) is 0 Å². The van der Waals surface area contributed by atoms with Gasteiger partial charge in [-0.1, -0.05) is 13.8 Å². The zero-order valence-corrected chi connectivity index (χ0v) is 11.1. The Labute approximate surface area is 108 Å². The van der Waals surface area contributed by atoms with Crippen LogP contribution in [0.3, 0.4) is 0 Å². The van der Waals surface area contributed by atoms with E-state index in [4.69, 9.17) is 0 Å². The quantitative estimate of drug-likeness (QED) is 0.740. The van der Waals surface area contributed by atoms with Gasteiger partial charge in [0.05, 0.1) is 11.8 Å². The molecule has 5 nitrogen and oxygen atoms in total. The third kappa shape index (κ3) is 5.14. The second-order valence-corrected chi connectivity index (χ2v) is 4.74. The molecule has 0 aliphatic carbocycles. The van der Waals surface area contributed by atoms with Crippen LogP contribution in [0.5, 0.6) is 0 Å². The molecule has 1 aromatic heterocycles. The van der Waals surface area contributed by atoms with E-state index in [0.717, 1.165) is 5.69 Å². The van der Waals surface area contributed by atoms with Crippen LogP contribution < -0.4 is 5.32 Å². The molecule has 2 N–H and O–H groups in total. The third-order valence-electron chi connectivity index (χ3n) is 2.52. The Hall–Kier alpha value is -1.62. The van der Waals surface area contributed by atoms with Crippen LogP contribution >= 0.6 is 0 Å². The Balaban J connectivity index is 2.34. The van der Waals surface area contributed by atoms with Crippen molar-refractivity contribution < 1.29 is 9.90 Å². The van der Waals surface area contributed by atoms with E-state index in [-0.39, 0.29) is 12.5 Å². The van der Waals surface area contributed by atoms with Crippen LogP contribution in [0.15, 0.2) is 18.3 Å². The number of aliphatic hydroxyl groups is 1. The normalized spacial score (nSPS) is 13.2. The maximum atomic E-state index is 11.5. The largest absolute Gasteiger partial charge is 0.391 e. The topological polar surface area (TPSA) is 67.2 Å². The number of hydrogen-bond donors (Lipinski definition) is 2. The third-order valence-corrected chi connectivity index (χ3v) is 2.52. The standard InChI is InChI=1S/C13H21N3O2/c1-10(2)8-12(17)9-14-13(18)5-4-11-6-7-15-16(11)3/h4-7,10,12,17H,8-9H2,1-3H3,(H,14,18)/b5-4+. The molecule has 0 spiro atoms. The first-order valence-corrected chi connectivity index (χ1v) is 6.11. The summed E-state index contributed by atoms with van der Waals surface area (Å²) in [6.45, 7) is 4.35. The van der Waals surface area contributed by atoms with Crippen molar-refractivity contribution in [1.82, 2.24) is 15.1 Å². The summed E-state index contributed by atoms with van der Waals surface area (Å²) >= 11 is 0. The monoisotopic (exact) mass is 251 g/mol. The first-order chi connectivity index (χ1) is 8.49. The Kier molecular flexibility index (Phi) is 5.58. The molecule has 0 aliphatic rings. The predicted molar refractivity (Wildman–Crippen MR) is 70.7 cm³/mol. The number of carbonyl (C=O) groups is 1. The number of nitrogens with zero attached hydrogens (tertiary/aromatic N) is 2. The lowest BCUT2D eigenvalue weighted by atomic mass is 10.1. The molecule has 0 fully saturated rings. The predicted octanol–water partition coefficient (Wildman–Crippen LogP) is 0.957. The molecule has 1 atom stereocenters. The molecule has 1 aromatic rings. The van der Waals surface area contributed by atoms with Crippen molar-refractivity contribution in [3.05, 3.63) is 24.0 Å². The summed E-state index contributed by atoms with van der Waals surface area (Å²) in [7, 11) is 1.81. The van der Waals surface area contributed by atoms with E-state index in [9.17, 15) is 9.90 Å². The molecule has 1 heterocycles. The maximum absolute atomic E-state index is 11.5. The Morgan fingerprint density at radius 1 is 1.61 bits per heavy atom. The highest BCUT2D eigenvalue weighted by Crippen LogP contribution is 2.03. The molecular weight excluding hydrogens is 230 g/mol. The first kappa shape index (κ1) is 14.4. The van der Waals surface area contributed by atoms with Gasteiger partial charge in [0.15, 0.2) is 0 Å². The number of aryl methyl sites for hydroxylation is 1. The van der Waals surface area contributed by atoms with Gasteiger partial charge in [-0.2, -0.15) is 5.10 Å². The number of carbonyl (C=O) groups excluding carboxylic acids is 1. The Morgan fingerprint density at radius 2 is 2.33 bits per heavy atom. The Bertz CT molecular complexity index is 410. The minimum atomic E-state index is -0.487. The van der Waals surface area contributed by atoms with Gasteiger partial charge in [0.2, 0.25) is 5.91 Å². The van der Waals surface area contributed by atoms with Crippen LogP contribution in [0.2, 0.25) is 0 Å². The number of hydrogen-bond acceptors (Lipinski definition) is 3. The van der Waals surface area contributed by atoms with Gasteiger partial charge < -0.3 is 10.4 Å². The number of aliphatic hydroxyl groups excluding tert-OH is 1. The zero-order valence-electron chi connectivity index (χ0n) is 11.1. The molecule has 18 heavy (non-hydrogen) atoms. The molecule has 0 bridgehead atoms. The van der Waals surface area contributed by atoms with E-state index in [1.54, 1.807) is 17.0 Å².